The standard InChI is InChI=1S/C16H21N3O2S/c1-17-12-13-7-10-19(11-8-13)22(20,21)16-6-2-5-15-14(16)4-3-9-18-15/h2-6,9,13,17H,7-8,10-12H2,1H3. The maximum Gasteiger partial charge on any atom is 0.243 e. The Balaban J connectivity index is 1.90. The first-order valence-corrected chi connectivity index (χ1v) is 9.05. The number of rotatable bonds is 4. The van der Waals surface area contributed by atoms with E-state index >= 15 is 0 Å². The van der Waals surface area contributed by atoms with Crippen molar-refractivity contribution in [3.8, 4) is 0 Å². The third-order valence-corrected chi connectivity index (χ3v) is 6.25. The number of benzene rings is 1. The minimum absolute atomic E-state index is 0.366. The van der Waals surface area contributed by atoms with Crippen LogP contribution in [-0.4, -0.2) is 44.4 Å². The van der Waals surface area contributed by atoms with E-state index in [2.05, 4.69) is 10.3 Å². The summed E-state index contributed by atoms with van der Waals surface area (Å²) in [6.45, 7) is 2.13. The molecule has 2 aromatic rings. The molecular formula is C16H21N3O2S. The first kappa shape index (κ1) is 15.4. The predicted octanol–water partition coefficient (Wildman–Crippen LogP) is 1.85. The van der Waals surface area contributed by atoms with E-state index in [-0.39, 0.29) is 0 Å². The Hall–Kier alpha value is -1.50. The van der Waals surface area contributed by atoms with Crippen LogP contribution in [0.25, 0.3) is 10.9 Å². The average Bonchev–Trinajstić information content (AvgIpc) is 2.55. The number of nitrogens with one attached hydrogen (secondary N) is 1. The molecule has 22 heavy (non-hydrogen) atoms. The third kappa shape index (κ3) is 2.86. The highest BCUT2D eigenvalue weighted by molar-refractivity contribution is 7.89. The van der Waals surface area contributed by atoms with Gasteiger partial charge in [-0.05, 0) is 56.6 Å². The molecule has 0 radical (unpaired) electrons. The van der Waals surface area contributed by atoms with Crippen molar-refractivity contribution in [1.29, 1.82) is 0 Å². The van der Waals surface area contributed by atoms with Crippen LogP contribution in [0, 0.1) is 5.92 Å². The zero-order valence-corrected chi connectivity index (χ0v) is 13.5. The van der Waals surface area contributed by atoms with E-state index in [1.165, 1.54) is 0 Å². The maximum atomic E-state index is 12.9. The van der Waals surface area contributed by atoms with Gasteiger partial charge in [-0.15, -0.1) is 0 Å². The number of pyridine rings is 1. The van der Waals surface area contributed by atoms with Crippen LogP contribution in [0.4, 0.5) is 0 Å². The molecule has 6 heteroatoms. The van der Waals surface area contributed by atoms with Gasteiger partial charge in [0, 0.05) is 24.7 Å². The third-order valence-electron chi connectivity index (χ3n) is 4.29. The molecule has 1 saturated heterocycles. The summed E-state index contributed by atoms with van der Waals surface area (Å²) in [5.74, 6) is 0.561. The van der Waals surface area contributed by atoms with Gasteiger partial charge in [0.05, 0.1) is 10.4 Å². The number of fused-ring (bicyclic) bond motifs is 1. The first-order valence-electron chi connectivity index (χ1n) is 7.61. The number of nitrogens with zero attached hydrogens (tertiary/aromatic N) is 2. The first-order chi connectivity index (χ1) is 10.6. The number of piperidine rings is 1. The highest BCUT2D eigenvalue weighted by Crippen LogP contribution is 2.27. The monoisotopic (exact) mass is 319 g/mol. The molecule has 1 fully saturated rings. The topological polar surface area (TPSA) is 62.3 Å². The molecule has 1 N–H and O–H groups in total. The highest BCUT2D eigenvalue weighted by Gasteiger charge is 2.30. The second-order valence-corrected chi connectivity index (χ2v) is 7.64. The van der Waals surface area contributed by atoms with Crippen molar-refractivity contribution in [2.75, 3.05) is 26.7 Å². The lowest BCUT2D eigenvalue weighted by molar-refractivity contribution is 0.271. The van der Waals surface area contributed by atoms with Crippen molar-refractivity contribution >= 4 is 20.9 Å². The molecule has 3 rings (SSSR count). The molecule has 1 aromatic carbocycles. The molecule has 0 spiro atoms. The van der Waals surface area contributed by atoms with Crippen LogP contribution in [0.2, 0.25) is 0 Å². The summed E-state index contributed by atoms with van der Waals surface area (Å²) in [5.41, 5.74) is 0.716. The summed E-state index contributed by atoms with van der Waals surface area (Å²) < 4.78 is 27.5. The lowest BCUT2D eigenvalue weighted by Gasteiger charge is -2.31. The second-order valence-electron chi connectivity index (χ2n) is 5.73. The molecule has 1 aliphatic rings. The van der Waals surface area contributed by atoms with Gasteiger partial charge in [-0.1, -0.05) is 6.07 Å². The molecule has 0 bridgehead atoms. The summed E-state index contributed by atoms with van der Waals surface area (Å²) in [6, 6.07) is 8.88. The van der Waals surface area contributed by atoms with Crippen LogP contribution in [0.3, 0.4) is 0 Å². The molecule has 2 heterocycles. The predicted molar refractivity (Wildman–Crippen MR) is 87.2 cm³/mol. The van der Waals surface area contributed by atoms with Crippen molar-refractivity contribution in [2.45, 2.75) is 17.7 Å². The zero-order valence-electron chi connectivity index (χ0n) is 12.7. The van der Waals surface area contributed by atoms with E-state index in [4.69, 9.17) is 0 Å². The van der Waals surface area contributed by atoms with Crippen LogP contribution in [0.1, 0.15) is 12.8 Å². The molecule has 0 atom stereocenters. The smallest absolute Gasteiger partial charge is 0.243 e. The Bertz CT molecular complexity index is 748. The molecule has 0 unspecified atom stereocenters. The van der Waals surface area contributed by atoms with Crippen LogP contribution in [0.5, 0.6) is 0 Å². The van der Waals surface area contributed by atoms with Crippen molar-refractivity contribution in [1.82, 2.24) is 14.6 Å². The largest absolute Gasteiger partial charge is 0.319 e. The minimum atomic E-state index is -3.45. The van der Waals surface area contributed by atoms with Gasteiger partial charge in [-0.25, -0.2) is 8.42 Å². The molecule has 0 amide bonds. The van der Waals surface area contributed by atoms with Crippen molar-refractivity contribution in [2.24, 2.45) is 5.92 Å². The Kier molecular flexibility index (Phi) is 4.42. The highest BCUT2D eigenvalue weighted by atomic mass is 32.2. The molecule has 1 aromatic heterocycles. The fourth-order valence-electron chi connectivity index (χ4n) is 3.08. The molecule has 0 saturated carbocycles. The van der Waals surface area contributed by atoms with Crippen molar-refractivity contribution < 1.29 is 8.42 Å². The van der Waals surface area contributed by atoms with Gasteiger partial charge in [0.1, 0.15) is 0 Å². The SMILES string of the molecule is CNCC1CCN(S(=O)(=O)c2cccc3ncccc23)CC1. The van der Waals surface area contributed by atoms with Gasteiger partial charge in [-0.2, -0.15) is 4.31 Å². The van der Waals surface area contributed by atoms with Crippen LogP contribution in [-0.2, 0) is 10.0 Å². The van der Waals surface area contributed by atoms with E-state index in [1.807, 2.05) is 19.2 Å². The van der Waals surface area contributed by atoms with E-state index in [9.17, 15) is 8.42 Å². The lowest BCUT2D eigenvalue weighted by atomic mass is 9.98. The Morgan fingerprint density at radius 3 is 2.73 bits per heavy atom. The summed E-state index contributed by atoms with van der Waals surface area (Å²) in [7, 11) is -1.52. The number of hydrogen-bond acceptors (Lipinski definition) is 4. The van der Waals surface area contributed by atoms with Crippen molar-refractivity contribution in [3.63, 3.8) is 0 Å². The fourth-order valence-corrected chi connectivity index (χ4v) is 4.75. The number of hydrogen-bond donors (Lipinski definition) is 1. The van der Waals surface area contributed by atoms with Gasteiger partial charge in [0.2, 0.25) is 10.0 Å². The average molecular weight is 319 g/mol. The van der Waals surface area contributed by atoms with E-state index in [0.717, 1.165) is 19.4 Å². The summed E-state index contributed by atoms with van der Waals surface area (Å²) in [6.07, 6.45) is 3.49. The van der Waals surface area contributed by atoms with Crippen LogP contribution in [0.15, 0.2) is 41.4 Å². The second kappa shape index (κ2) is 6.32. The molecular weight excluding hydrogens is 298 g/mol. The number of aromatic nitrogens is 1. The van der Waals surface area contributed by atoms with E-state index < -0.39 is 10.0 Å². The minimum Gasteiger partial charge on any atom is -0.319 e. The zero-order chi connectivity index (χ0) is 15.6. The normalized spacial score (nSPS) is 17.9. The van der Waals surface area contributed by atoms with Gasteiger partial charge in [0.15, 0.2) is 0 Å². The molecule has 0 aliphatic carbocycles. The Morgan fingerprint density at radius 2 is 2.00 bits per heavy atom. The van der Waals surface area contributed by atoms with Gasteiger partial charge >= 0.3 is 0 Å². The van der Waals surface area contributed by atoms with Crippen LogP contribution < -0.4 is 5.32 Å². The quantitative estimate of drug-likeness (QED) is 0.934. The van der Waals surface area contributed by atoms with E-state index in [0.29, 0.717) is 34.8 Å². The summed E-state index contributed by atoms with van der Waals surface area (Å²) in [4.78, 5) is 4.61. The van der Waals surface area contributed by atoms with Crippen LogP contribution >= 0.6 is 0 Å². The Labute approximate surface area is 131 Å². The van der Waals surface area contributed by atoms with E-state index in [1.54, 1.807) is 28.7 Å². The summed E-state index contributed by atoms with van der Waals surface area (Å²) >= 11 is 0. The lowest BCUT2D eigenvalue weighted by Crippen LogP contribution is -2.40. The van der Waals surface area contributed by atoms with Gasteiger partial charge < -0.3 is 5.32 Å². The van der Waals surface area contributed by atoms with Gasteiger partial charge in [0.25, 0.3) is 0 Å². The van der Waals surface area contributed by atoms with Crippen molar-refractivity contribution in [3.05, 3.63) is 36.5 Å². The van der Waals surface area contributed by atoms with Gasteiger partial charge in [-0.3, -0.25) is 4.98 Å². The maximum absolute atomic E-state index is 12.9. The summed E-state index contributed by atoms with van der Waals surface area (Å²) in [5, 5.41) is 3.87. The fraction of sp³-hybridized carbons (Fsp3) is 0.438. The Morgan fingerprint density at radius 1 is 1.23 bits per heavy atom. The molecule has 5 nitrogen and oxygen atoms in total. The molecule has 118 valence electrons. The molecule has 1 aliphatic heterocycles. The number of sulfonamides is 1.